The van der Waals surface area contributed by atoms with Crippen molar-refractivity contribution in [2.75, 3.05) is 13.1 Å². The van der Waals surface area contributed by atoms with Crippen LogP contribution in [0.25, 0.3) is 0 Å². The molecule has 0 aliphatic carbocycles. The summed E-state index contributed by atoms with van der Waals surface area (Å²) < 4.78 is 7.00. The molecule has 0 N–H and O–H groups in total. The van der Waals surface area contributed by atoms with Crippen LogP contribution in [0.4, 0.5) is 4.79 Å². The van der Waals surface area contributed by atoms with Crippen LogP contribution in [-0.4, -0.2) is 37.8 Å². The highest BCUT2D eigenvalue weighted by Gasteiger charge is 2.52. The van der Waals surface area contributed by atoms with Crippen molar-refractivity contribution in [2.45, 2.75) is 38.3 Å². The minimum atomic E-state index is -2.56. The van der Waals surface area contributed by atoms with Crippen LogP contribution >= 0.6 is 11.6 Å². The summed E-state index contributed by atoms with van der Waals surface area (Å²) in [4.78, 5) is 13.2. The van der Waals surface area contributed by atoms with Crippen LogP contribution in [0.3, 0.4) is 0 Å². The lowest BCUT2D eigenvalue weighted by molar-refractivity contribution is 0.189. The van der Waals surface area contributed by atoms with E-state index < -0.39 is 13.7 Å². The predicted octanol–water partition coefficient (Wildman–Crippen LogP) is 4.00. The second-order valence-corrected chi connectivity index (χ2v) is 12.5. The van der Waals surface area contributed by atoms with Crippen molar-refractivity contribution in [1.29, 1.82) is 0 Å². The normalized spacial score (nSPS) is 18.2. The van der Waals surface area contributed by atoms with E-state index in [4.69, 9.17) is 16.0 Å². The Hall–Kier alpha value is -1.62. The molecule has 1 amide bonds. The van der Waals surface area contributed by atoms with Gasteiger partial charge in [0, 0.05) is 13.1 Å². The number of benzene rings is 2. The number of carbonyl (C=O) groups excluding carboxylic acids is 1. The summed E-state index contributed by atoms with van der Waals surface area (Å²) >= 11 is 5.69. The van der Waals surface area contributed by atoms with Gasteiger partial charge < -0.3 is 9.33 Å². The van der Waals surface area contributed by atoms with E-state index in [0.717, 1.165) is 6.42 Å². The van der Waals surface area contributed by atoms with Crippen LogP contribution in [-0.2, 0) is 4.43 Å². The number of hydrogen-bond donors (Lipinski definition) is 0. The second-order valence-electron chi connectivity index (χ2n) is 7.89. The molecule has 0 unspecified atom stereocenters. The third-order valence-corrected chi connectivity index (χ3v) is 10.5. The molecule has 26 heavy (non-hydrogen) atoms. The number of halogens is 1. The molecule has 3 rings (SSSR count). The third-order valence-electron chi connectivity index (χ3n) is 5.15. The highest BCUT2D eigenvalue weighted by atomic mass is 35.5. The first-order valence-corrected chi connectivity index (χ1v) is 11.4. The lowest BCUT2D eigenvalue weighted by Gasteiger charge is -2.44. The maximum absolute atomic E-state index is 11.5. The van der Waals surface area contributed by atoms with Gasteiger partial charge in [0.25, 0.3) is 8.32 Å². The largest absolute Gasteiger partial charge is 0.403 e. The molecular weight excluding hydrogens is 362 g/mol. The summed E-state index contributed by atoms with van der Waals surface area (Å²) in [6, 6.07) is 21.1. The maximum atomic E-state index is 11.5. The average Bonchev–Trinajstić information content (AvgIpc) is 3.09. The zero-order valence-electron chi connectivity index (χ0n) is 15.6. The average molecular weight is 388 g/mol. The van der Waals surface area contributed by atoms with E-state index in [1.807, 2.05) is 12.1 Å². The van der Waals surface area contributed by atoms with Crippen molar-refractivity contribution in [1.82, 2.24) is 4.90 Å². The molecule has 0 saturated carbocycles. The van der Waals surface area contributed by atoms with Crippen LogP contribution in [0.15, 0.2) is 60.7 Å². The van der Waals surface area contributed by atoms with E-state index in [-0.39, 0.29) is 11.1 Å². The Morgan fingerprint density at radius 1 is 1.04 bits per heavy atom. The van der Waals surface area contributed by atoms with Crippen LogP contribution in [0.2, 0.25) is 5.04 Å². The summed E-state index contributed by atoms with van der Waals surface area (Å²) in [6.07, 6.45) is 0.826. The zero-order valence-corrected chi connectivity index (χ0v) is 17.4. The zero-order chi connectivity index (χ0) is 18.8. The minimum absolute atomic E-state index is 0.00371. The van der Waals surface area contributed by atoms with Crippen molar-refractivity contribution in [3.63, 3.8) is 0 Å². The number of carbonyl (C=O) groups is 1. The first-order chi connectivity index (χ1) is 12.3. The summed E-state index contributed by atoms with van der Waals surface area (Å²) in [5, 5.41) is 2.07. The number of hydrogen-bond acceptors (Lipinski definition) is 2. The summed E-state index contributed by atoms with van der Waals surface area (Å²) in [5.74, 6) is 0. The topological polar surface area (TPSA) is 29.5 Å². The molecule has 1 saturated heterocycles. The Labute approximate surface area is 162 Å². The molecule has 0 spiro atoms. The van der Waals surface area contributed by atoms with Gasteiger partial charge in [-0.05, 0) is 33.4 Å². The lowest BCUT2D eigenvalue weighted by Crippen LogP contribution is -2.67. The van der Waals surface area contributed by atoms with E-state index in [9.17, 15) is 4.79 Å². The van der Waals surface area contributed by atoms with Crippen molar-refractivity contribution in [3.05, 3.63) is 60.7 Å². The van der Waals surface area contributed by atoms with Gasteiger partial charge >= 0.3 is 5.37 Å². The molecule has 1 aliphatic heterocycles. The molecule has 0 radical (unpaired) electrons. The smallest absolute Gasteiger partial charge is 0.316 e. The molecule has 2 aromatic rings. The van der Waals surface area contributed by atoms with Crippen LogP contribution in [0, 0.1) is 0 Å². The molecule has 5 heteroatoms. The van der Waals surface area contributed by atoms with Gasteiger partial charge in [0.05, 0.1) is 6.10 Å². The van der Waals surface area contributed by atoms with Gasteiger partial charge in [0.1, 0.15) is 0 Å². The second kappa shape index (κ2) is 7.55. The van der Waals surface area contributed by atoms with Crippen LogP contribution in [0.5, 0.6) is 0 Å². The monoisotopic (exact) mass is 387 g/mol. The Balaban J connectivity index is 2.08. The number of rotatable bonds is 4. The summed E-state index contributed by atoms with van der Waals surface area (Å²) in [6.45, 7) is 8.01. The fourth-order valence-electron chi connectivity index (χ4n) is 3.93. The van der Waals surface area contributed by atoms with Crippen molar-refractivity contribution >= 4 is 35.7 Å². The Kier molecular flexibility index (Phi) is 5.56. The minimum Gasteiger partial charge on any atom is -0.403 e. The molecule has 1 aliphatic rings. The molecule has 1 fully saturated rings. The van der Waals surface area contributed by atoms with E-state index in [0.29, 0.717) is 13.1 Å². The Bertz CT molecular complexity index is 706. The molecule has 1 atom stereocenters. The third kappa shape index (κ3) is 3.59. The molecule has 1 heterocycles. The van der Waals surface area contributed by atoms with Gasteiger partial charge in [-0.3, -0.25) is 4.79 Å². The number of nitrogens with zero attached hydrogens (tertiary/aromatic N) is 1. The van der Waals surface area contributed by atoms with Crippen molar-refractivity contribution < 1.29 is 9.22 Å². The predicted molar refractivity (Wildman–Crippen MR) is 110 cm³/mol. The molecule has 0 bridgehead atoms. The van der Waals surface area contributed by atoms with Crippen molar-refractivity contribution in [3.8, 4) is 0 Å². The highest BCUT2D eigenvalue weighted by Crippen LogP contribution is 2.38. The maximum Gasteiger partial charge on any atom is 0.316 e. The van der Waals surface area contributed by atoms with Crippen LogP contribution in [0.1, 0.15) is 27.2 Å². The van der Waals surface area contributed by atoms with E-state index in [2.05, 4.69) is 69.3 Å². The van der Waals surface area contributed by atoms with Gasteiger partial charge in [0.15, 0.2) is 0 Å². The fourth-order valence-corrected chi connectivity index (χ4v) is 8.79. The van der Waals surface area contributed by atoms with Gasteiger partial charge in [-0.2, -0.15) is 0 Å². The van der Waals surface area contributed by atoms with Gasteiger partial charge in [-0.25, -0.2) is 0 Å². The van der Waals surface area contributed by atoms with E-state index in [1.165, 1.54) is 10.4 Å². The Morgan fingerprint density at radius 2 is 1.54 bits per heavy atom. The molecular formula is C21H26ClNO2Si. The fraction of sp³-hybridized carbons (Fsp3) is 0.381. The SMILES string of the molecule is CC(C)(C)[Si](O[C@@H]1CCN(C(=O)Cl)C1)(c1ccccc1)c1ccccc1. The van der Waals surface area contributed by atoms with Gasteiger partial charge in [-0.1, -0.05) is 81.4 Å². The van der Waals surface area contributed by atoms with Gasteiger partial charge in [-0.15, -0.1) is 0 Å². The van der Waals surface area contributed by atoms with E-state index >= 15 is 0 Å². The number of amides is 1. The van der Waals surface area contributed by atoms with Crippen molar-refractivity contribution in [2.24, 2.45) is 0 Å². The van der Waals surface area contributed by atoms with E-state index in [1.54, 1.807) is 4.90 Å². The molecule has 0 aromatic heterocycles. The first kappa shape index (κ1) is 19.1. The molecule has 2 aromatic carbocycles. The summed E-state index contributed by atoms with van der Waals surface area (Å²) in [5.41, 5.74) is 0. The molecule has 138 valence electrons. The summed E-state index contributed by atoms with van der Waals surface area (Å²) in [7, 11) is -2.56. The standard InChI is InChI=1S/C21H26ClNO2Si/c1-21(2,3)26(18-10-6-4-7-11-18,19-12-8-5-9-13-19)25-17-14-15-23(16-17)20(22)24/h4-13,17H,14-16H2,1-3H3/t17-/m1/s1. The molecule has 3 nitrogen and oxygen atoms in total. The Morgan fingerprint density at radius 3 is 1.92 bits per heavy atom. The number of likely N-dealkylation sites (tertiary alicyclic amines) is 1. The quantitative estimate of drug-likeness (QED) is 0.451. The first-order valence-electron chi connectivity index (χ1n) is 9.08. The van der Waals surface area contributed by atoms with Crippen LogP contribution < -0.4 is 10.4 Å². The highest BCUT2D eigenvalue weighted by molar-refractivity contribution is 6.99. The lowest BCUT2D eigenvalue weighted by atomic mass is 10.2. The van der Waals surface area contributed by atoms with Gasteiger partial charge in [0.2, 0.25) is 0 Å².